The van der Waals surface area contributed by atoms with Crippen LogP contribution >= 0.6 is 0 Å². The first-order valence-electron chi connectivity index (χ1n) is 9.83. The molecule has 0 spiro atoms. The Bertz CT molecular complexity index is 876. The number of benzene rings is 1. The van der Waals surface area contributed by atoms with Crippen molar-refractivity contribution in [2.45, 2.75) is 46.1 Å². The number of nitrogens with zero attached hydrogens (tertiary/aromatic N) is 3. The molecule has 0 radical (unpaired) electrons. The second-order valence-corrected chi connectivity index (χ2v) is 8.04. The molecule has 0 fully saturated rings. The zero-order valence-electron chi connectivity index (χ0n) is 17.9. The summed E-state index contributed by atoms with van der Waals surface area (Å²) in [6.07, 6.45) is 2.60. The molecule has 1 atom stereocenters. The second-order valence-electron chi connectivity index (χ2n) is 8.04. The molecule has 0 saturated carbocycles. The van der Waals surface area contributed by atoms with Gasteiger partial charge in [0.05, 0.1) is 17.5 Å². The summed E-state index contributed by atoms with van der Waals surface area (Å²) in [6.45, 7) is 5.52. The molecule has 8 nitrogen and oxygen atoms in total. The minimum atomic E-state index is -1.11. The lowest BCUT2D eigenvalue weighted by atomic mass is 9.86. The Morgan fingerprint density at radius 1 is 1.23 bits per heavy atom. The SMILES string of the molecule is C[C@@H](Cc1cn(C(=O)O)cn1)N(C)C(=O)CCOC(=O)C(C)(C)Cc1ccccc1. The summed E-state index contributed by atoms with van der Waals surface area (Å²) < 4.78 is 6.33. The van der Waals surface area contributed by atoms with E-state index in [0.29, 0.717) is 18.5 Å². The fraction of sp³-hybridized carbons (Fsp3) is 0.455. The van der Waals surface area contributed by atoms with E-state index in [2.05, 4.69) is 4.98 Å². The zero-order valence-corrected chi connectivity index (χ0v) is 17.9. The highest BCUT2D eigenvalue weighted by molar-refractivity contribution is 5.78. The maximum atomic E-state index is 12.4. The fourth-order valence-electron chi connectivity index (χ4n) is 3.04. The summed E-state index contributed by atoms with van der Waals surface area (Å²) in [4.78, 5) is 41.4. The van der Waals surface area contributed by atoms with Gasteiger partial charge in [-0.1, -0.05) is 30.3 Å². The first-order valence-corrected chi connectivity index (χ1v) is 9.83. The van der Waals surface area contributed by atoms with E-state index in [4.69, 9.17) is 9.84 Å². The average molecular weight is 415 g/mol. The number of likely N-dealkylation sites (N-methyl/N-ethyl adjacent to an activating group) is 1. The van der Waals surface area contributed by atoms with Gasteiger partial charge in [0.15, 0.2) is 0 Å². The topological polar surface area (TPSA) is 102 Å². The van der Waals surface area contributed by atoms with Crippen LogP contribution in [0, 0.1) is 5.41 Å². The van der Waals surface area contributed by atoms with Crippen LogP contribution in [-0.4, -0.2) is 57.2 Å². The molecule has 1 heterocycles. The lowest BCUT2D eigenvalue weighted by Gasteiger charge is -2.25. The van der Waals surface area contributed by atoms with E-state index >= 15 is 0 Å². The average Bonchev–Trinajstić information content (AvgIpc) is 3.16. The van der Waals surface area contributed by atoms with E-state index in [9.17, 15) is 14.4 Å². The van der Waals surface area contributed by atoms with Gasteiger partial charge in [0.25, 0.3) is 0 Å². The third-order valence-electron chi connectivity index (χ3n) is 5.01. The van der Waals surface area contributed by atoms with Crippen molar-refractivity contribution in [2.24, 2.45) is 5.41 Å². The summed E-state index contributed by atoms with van der Waals surface area (Å²) in [5.41, 5.74) is 0.945. The number of hydrogen-bond donors (Lipinski definition) is 1. The van der Waals surface area contributed by atoms with Crippen LogP contribution in [0.15, 0.2) is 42.9 Å². The lowest BCUT2D eigenvalue weighted by Crippen LogP contribution is -2.37. The summed E-state index contributed by atoms with van der Waals surface area (Å²) in [5.74, 6) is -0.497. The molecular weight excluding hydrogens is 386 g/mol. The van der Waals surface area contributed by atoms with Gasteiger partial charge in [-0.2, -0.15) is 0 Å². The first kappa shape index (κ1) is 23.1. The number of ether oxygens (including phenoxy) is 1. The van der Waals surface area contributed by atoms with Gasteiger partial charge in [-0.05, 0) is 32.8 Å². The number of rotatable bonds is 9. The largest absolute Gasteiger partial charge is 0.465 e. The zero-order chi connectivity index (χ0) is 22.3. The maximum Gasteiger partial charge on any atom is 0.416 e. The number of carbonyl (C=O) groups excluding carboxylic acids is 2. The van der Waals surface area contributed by atoms with Gasteiger partial charge in [0, 0.05) is 25.7 Å². The first-order chi connectivity index (χ1) is 14.1. The fourth-order valence-corrected chi connectivity index (χ4v) is 3.04. The third-order valence-corrected chi connectivity index (χ3v) is 5.01. The summed E-state index contributed by atoms with van der Waals surface area (Å²) in [5, 5.41) is 8.93. The number of carboxylic acid groups (broad SMARTS) is 1. The van der Waals surface area contributed by atoms with Crippen LogP contribution < -0.4 is 0 Å². The molecule has 162 valence electrons. The highest BCUT2D eigenvalue weighted by atomic mass is 16.5. The van der Waals surface area contributed by atoms with Gasteiger partial charge in [-0.3, -0.25) is 9.59 Å². The monoisotopic (exact) mass is 415 g/mol. The number of esters is 1. The molecule has 2 aromatic rings. The molecule has 1 aromatic carbocycles. The van der Waals surface area contributed by atoms with Crippen LogP contribution in [0.5, 0.6) is 0 Å². The Kier molecular flexibility index (Phi) is 7.74. The number of carbonyl (C=O) groups is 3. The summed E-state index contributed by atoms with van der Waals surface area (Å²) >= 11 is 0. The minimum absolute atomic E-state index is 0.0145. The van der Waals surface area contributed by atoms with Crippen LogP contribution in [0.4, 0.5) is 4.79 Å². The smallest absolute Gasteiger partial charge is 0.416 e. The predicted octanol–water partition coefficient (Wildman–Crippen LogP) is 3.00. The van der Waals surface area contributed by atoms with Crippen LogP contribution in [0.1, 0.15) is 38.4 Å². The molecule has 30 heavy (non-hydrogen) atoms. The van der Waals surface area contributed by atoms with Gasteiger partial charge in [0.1, 0.15) is 12.9 Å². The standard InChI is InChI=1S/C22H29N3O5/c1-16(12-18-14-25(15-23-18)21(28)29)24(4)19(26)10-11-30-20(27)22(2,3)13-17-8-6-5-7-9-17/h5-9,14-16H,10-13H2,1-4H3,(H,28,29)/t16-/m0/s1. The minimum Gasteiger partial charge on any atom is -0.465 e. The van der Waals surface area contributed by atoms with E-state index in [-0.39, 0.29) is 30.9 Å². The Labute approximate surface area is 176 Å². The Morgan fingerprint density at radius 3 is 2.50 bits per heavy atom. The molecule has 0 aliphatic carbocycles. The van der Waals surface area contributed by atoms with Crippen molar-refractivity contribution in [3.63, 3.8) is 0 Å². The number of hydrogen-bond acceptors (Lipinski definition) is 5. The summed E-state index contributed by atoms with van der Waals surface area (Å²) in [7, 11) is 1.67. The van der Waals surface area contributed by atoms with Crippen LogP contribution in [0.2, 0.25) is 0 Å². The van der Waals surface area contributed by atoms with E-state index in [1.54, 1.807) is 11.9 Å². The molecule has 8 heteroatoms. The molecule has 0 aliphatic heterocycles. The molecule has 1 amide bonds. The highest BCUT2D eigenvalue weighted by Gasteiger charge is 2.30. The Hall–Kier alpha value is -3.16. The van der Waals surface area contributed by atoms with Crippen LogP contribution in [0.3, 0.4) is 0 Å². The molecule has 0 unspecified atom stereocenters. The van der Waals surface area contributed by atoms with Crippen molar-refractivity contribution >= 4 is 18.0 Å². The quantitative estimate of drug-likeness (QED) is 0.632. The summed E-state index contributed by atoms with van der Waals surface area (Å²) in [6, 6.07) is 9.54. The van der Waals surface area contributed by atoms with Crippen LogP contribution in [-0.2, 0) is 27.2 Å². The van der Waals surface area contributed by atoms with Crippen LogP contribution in [0.25, 0.3) is 0 Å². The molecule has 0 aliphatic rings. The van der Waals surface area contributed by atoms with Gasteiger partial charge in [-0.15, -0.1) is 0 Å². The molecular formula is C22H29N3O5. The normalized spacial score (nSPS) is 12.3. The van der Waals surface area contributed by atoms with Gasteiger partial charge in [-0.25, -0.2) is 14.3 Å². The van der Waals surface area contributed by atoms with E-state index < -0.39 is 11.5 Å². The van der Waals surface area contributed by atoms with Gasteiger partial charge < -0.3 is 14.7 Å². The van der Waals surface area contributed by atoms with E-state index in [0.717, 1.165) is 10.1 Å². The molecule has 1 N–H and O–H groups in total. The van der Waals surface area contributed by atoms with Crippen molar-refractivity contribution < 1.29 is 24.2 Å². The lowest BCUT2D eigenvalue weighted by molar-refractivity contribution is -0.154. The van der Waals surface area contributed by atoms with Crippen molar-refractivity contribution in [3.8, 4) is 0 Å². The Balaban J connectivity index is 1.79. The van der Waals surface area contributed by atoms with E-state index in [1.807, 2.05) is 51.1 Å². The molecule has 1 aromatic heterocycles. The van der Waals surface area contributed by atoms with Crippen molar-refractivity contribution in [2.75, 3.05) is 13.7 Å². The van der Waals surface area contributed by atoms with Crippen molar-refractivity contribution in [1.82, 2.24) is 14.5 Å². The van der Waals surface area contributed by atoms with Crippen molar-refractivity contribution in [3.05, 3.63) is 54.1 Å². The van der Waals surface area contributed by atoms with E-state index in [1.165, 1.54) is 12.5 Å². The Morgan fingerprint density at radius 2 is 1.90 bits per heavy atom. The predicted molar refractivity (Wildman–Crippen MR) is 111 cm³/mol. The van der Waals surface area contributed by atoms with Gasteiger partial charge >= 0.3 is 12.1 Å². The second kappa shape index (κ2) is 10.0. The van der Waals surface area contributed by atoms with Crippen molar-refractivity contribution in [1.29, 1.82) is 0 Å². The molecule has 0 bridgehead atoms. The molecule has 0 saturated heterocycles. The number of aromatic nitrogens is 2. The maximum absolute atomic E-state index is 12.4. The third kappa shape index (κ3) is 6.43. The number of imidazole rings is 1. The highest BCUT2D eigenvalue weighted by Crippen LogP contribution is 2.23. The van der Waals surface area contributed by atoms with Gasteiger partial charge in [0.2, 0.25) is 5.91 Å². The molecule has 2 rings (SSSR count). The number of amides is 1.